The van der Waals surface area contributed by atoms with Crippen molar-refractivity contribution in [2.45, 2.75) is 116 Å². The Balaban J connectivity index is 1.64. The Morgan fingerprint density at radius 2 is 1.68 bits per heavy atom. The average Bonchev–Trinajstić information content (AvgIpc) is 3.20. The summed E-state index contributed by atoms with van der Waals surface area (Å²) in [6, 6.07) is 0. The van der Waals surface area contributed by atoms with Gasteiger partial charge in [-0.3, -0.25) is 14.4 Å². The fraction of sp³-hybridized carbons (Fsp3) is 0.900. The number of carbonyl (C=O) groups excluding carboxylic acids is 3. The maximum absolute atomic E-state index is 12.4. The number of rotatable bonds is 7. The fourth-order valence-corrected chi connectivity index (χ4v) is 10.7. The van der Waals surface area contributed by atoms with E-state index in [1.165, 1.54) is 13.8 Å². The van der Waals surface area contributed by atoms with Crippen molar-refractivity contribution < 1.29 is 33.7 Å². The van der Waals surface area contributed by atoms with Crippen LogP contribution in [0.1, 0.15) is 92.9 Å². The lowest BCUT2D eigenvalue weighted by atomic mass is 9.43. The van der Waals surface area contributed by atoms with E-state index in [0.29, 0.717) is 18.9 Å². The molecule has 0 aliphatic heterocycles. The number of ether oxygens (including phenoxy) is 3. The third-order valence-electron chi connectivity index (χ3n) is 11.2. The summed E-state index contributed by atoms with van der Waals surface area (Å²) < 4.78 is 17.0. The summed E-state index contributed by atoms with van der Waals surface area (Å²) in [4.78, 5) is 36.1. The van der Waals surface area contributed by atoms with Gasteiger partial charge in [0, 0.05) is 30.5 Å². The zero-order valence-electron chi connectivity index (χ0n) is 23.9. The molecular weight excluding hydrogens is 552 g/mol. The molecule has 8 heteroatoms. The highest BCUT2D eigenvalue weighted by atomic mass is 79.9. The second-order valence-corrected chi connectivity index (χ2v) is 14.1. The third kappa shape index (κ3) is 5.17. The summed E-state index contributed by atoms with van der Waals surface area (Å²) in [6.45, 7) is 12.0. The van der Waals surface area contributed by atoms with Crippen molar-refractivity contribution >= 4 is 33.8 Å². The van der Waals surface area contributed by atoms with E-state index in [-0.39, 0.29) is 75.4 Å². The smallest absolute Gasteiger partial charge is 0.305 e. The third-order valence-corrected chi connectivity index (χ3v) is 12.4. The predicted molar refractivity (Wildman–Crippen MR) is 146 cm³/mol. The molecule has 216 valence electrons. The van der Waals surface area contributed by atoms with Crippen LogP contribution in [0.3, 0.4) is 0 Å². The normalized spacial score (nSPS) is 44.7. The Bertz CT molecular complexity index is 909. The number of carbonyl (C=O) groups is 3. The van der Waals surface area contributed by atoms with E-state index in [1.807, 2.05) is 6.92 Å². The first-order chi connectivity index (χ1) is 17.8. The Morgan fingerprint density at radius 1 is 1.00 bits per heavy atom. The summed E-state index contributed by atoms with van der Waals surface area (Å²) in [5.41, 5.74) is -0.325. The molecular formula is C30H47BrO7. The standard InChI is InChI=1S/C30H47BrO7/c1-7-36-25(34)11-8-16(2)20-9-10-21-26-22(15-24(30(20,21)6)38-18(4)33)29(5)13-12-19(37-17(3)32)14-23(29)27(31)28(26)35/h16,19-24,26-28,35H,7-15H2,1-6H3/t16-,19+,20+,21-,22-,23-,24-,26-,27+,28-,29+,30+/m0/s1. The minimum absolute atomic E-state index is 0.0535. The van der Waals surface area contributed by atoms with Gasteiger partial charge < -0.3 is 19.3 Å². The van der Waals surface area contributed by atoms with Crippen molar-refractivity contribution in [3.8, 4) is 0 Å². The van der Waals surface area contributed by atoms with E-state index in [2.05, 4.69) is 36.7 Å². The van der Waals surface area contributed by atoms with Crippen LogP contribution in [-0.2, 0) is 28.6 Å². The molecule has 12 atom stereocenters. The molecule has 0 heterocycles. The van der Waals surface area contributed by atoms with Crippen LogP contribution in [-0.4, -0.2) is 52.8 Å². The molecule has 1 N–H and O–H groups in total. The van der Waals surface area contributed by atoms with Crippen LogP contribution in [0.5, 0.6) is 0 Å². The zero-order chi connectivity index (χ0) is 28.0. The molecule has 0 saturated heterocycles. The molecule has 4 rings (SSSR count). The molecule has 4 fully saturated rings. The number of esters is 3. The lowest BCUT2D eigenvalue weighted by Crippen LogP contribution is -2.66. The molecule has 0 unspecified atom stereocenters. The Kier molecular flexibility index (Phi) is 8.93. The number of hydrogen-bond acceptors (Lipinski definition) is 7. The Hall–Kier alpha value is -1.15. The number of hydrogen-bond donors (Lipinski definition) is 1. The molecule has 0 spiro atoms. The quantitative estimate of drug-likeness (QED) is 0.236. The number of alkyl halides is 1. The lowest BCUT2D eigenvalue weighted by Gasteiger charge is -2.65. The molecule has 4 aliphatic rings. The lowest BCUT2D eigenvalue weighted by molar-refractivity contribution is -0.215. The maximum atomic E-state index is 12.4. The number of fused-ring (bicyclic) bond motifs is 5. The van der Waals surface area contributed by atoms with Crippen molar-refractivity contribution in [2.24, 2.45) is 46.3 Å². The zero-order valence-corrected chi connectivity index (χ0v) is 25.5. The van der Waals surface area contributed by atoms with Crippen LogP contribution >= 0.6 is 15.9 Å². The van der Waals surface area contributed by atoms with Gasteiger partial charge >= 0.3 is 17.9 Å². The van der Waals surface area contributed by atoms with Gasteiger partial charge in [0.15, 0.2) is 0 Å². The summed E-state index contributed by atoms with van der Waals surface area (Å²) in [5.74, 6) is 0.595. The van der Waals surface area contributed by atoms with Gasteiger partial charge in [0.05, 0.1) is 12.7 Å². The maximum Gasteiger partial charge on any atom is 0.305 e. The Morgan fingerprint density at radius 3 is 2.32 bits per heavy atom. The first kappa shape index (κ1) is 29.8. The molecule has 0 aromatic rings. The van der Waals surface area contributed by atoms with E-state index in [1.54, 1.807) is 0 Å². The minimum atomic E-state index is -0.523. The van der Waals surface area contributed by atoms with Crippen molar-refractivity contribution in [3.63, 3.8) is 0 Å². The van der Waals surface area contributed by atoms with Crippen LogP contribution < -0.4 is 0 Å². The van der Waals surface area contributed by atoms with Crippen molar-refractivity contribution in [3.05, 3.63) is 0 Å². The van der Waals surface area contributed by atoms with E-state index < -0.39 is 6.10 Å². The summed E-state index contributed by atoms with van der Waals surface area (Å²) in [5, 5.41) is 11.9. The van der Waals surface area contributed by atoms with Gasteiger partial charge in [0.25, 0.3) is 0 Å². The minimum Gasteiger partial charge on any atom is -0.466 e. The van der Waals surface area contributed by atoms with Crippen LogP contribution in [0.2, 0.25) is 0 Å². The molecule has 0 aromatic carbocycles. The summed E-state index contributed by atoms with van der Waals surface area (Å²) >= 11 is 3.93. The SMILES string of the molecule is CCOC(=O)CC[C@H](C)[C@H]1CC[C@H]2[C@@H]3[C@H](O)[C@H](Br)[C@@H]4C[C@H](OC(C)=O)CC[C@]4(C)[C@H]3C[C@H](OC(C)=O)[C@]12C. The van der Waals surface area contributed by atoms with Crippen molar-refractivity contribution in [1.29, 1.82) is 0 Å². The largest absolute Gasteiger partial charge is 0.466 e. The van der Waals surface area contributed by atoms with Crippen LogP contribution in [0.25, 0.3) is 0 Å². The van der Waals surface area contributed by atoms with Crippen molar-refractivity contribution in [2.75, 3.05) is 6.61 Å². The summed E-state index contributed by atoms with van der Waals surface area (Å²) in [7, 11) is 0. The van der Waals surface area contributed by atoms with E-state index in [9.17, 15) is 19.5 Å². The van der Waals surface area contributed by atoms with Gasteiger partial charge in [-0.05, 0) is 92.8 Å². The second kappa shape index (κ2) is 11.4. The van der Waals surface area contributed by atoms with Crippen LogP contribution in [0.15, 0.2) is 0 Å². The monoisotopic (exact) mass is 598 g/mol. The first-order valence-electron chi connectivity index (χ1n) is 14.7. The van der Waals surface area contributed by atoms with Gasteiger partial charge in [-0.2, -0.15) is 0 Å². The van der Waals surface area contributed by atoms with Gasteiger partial charge in [0.2, 0.25) is 0 Å². The molecule has 38 heavy (non-hydrogen) atoms. The molecule has 0 bridgehead atoms. The van der Waals surface area contributed by atoms with Gasteiger partial charge in [-0.25, -0.2) is 0 Å². The predicted octanol–water partition coefficient (Wildman–Crippen LogP) is 5.44. The number of aliphatic hydroxyl groups excluding tert-OH is 1. The number of halogens is 1. The molecule has 0 aromatic heterocycles. The average molecular weight is 600 g/mol. The van der Waals surface area contributed by atoms with E-state index in [0.717, 1.165) is 44.9 Å². The number of aliphatic hydroxyl groups is 1. The topological polar surface area (TPSA) is 99.1 Å². The first-order valence-corrected chi connectivity index (χ1v) is 15.6. The Labute approximate surface area is 236 Å². The van der Waals surface area contributed by atoms with Gasteiger partial charge in [-0.15, -0.1) is 0 Å². The molecule has 4 aliphatic carbocycles. The highest BCUT2D eigenvalue weighted by Crippen LogP contribution is 2.69. The molecule has 0 radical (unpaired) electrons. The van der Waals surface area contributed by atoms with Crippen LogP contribution in [0, 0.1) is 46.3 Å². The second-order valence-electron chi connectivity index (χ2n) is 13.0. The van der Waals surface area contributed by atoms with Gasteiger partial charge in [0.1, 0.15) is 12.2 Å². The molecule has 4 saturated carbocycles. The highest BCUT2D eigenvalue weighted by Gasteiger charge is 2.68. The van der Waals surface area contributed by atoms with Crippen LogP contribution in [0.4, 0.5) is 0 Å². The van der Waals surface area contributed by atoms with Gasteiger partial charge in [-0.1, -0.05) is 36.7 Å². The van der Waals surface area contributed by atoms with Crippen molar-refractivity contribution in [1.82, 2.24) is 0 Å². The highest BCUT2D eigenvalue weighted by molar-refractivity contribution is 9.09. The molecule has 7 nitrogen and oxygen atoms in total. The fourth-order valence-electron chi connectivity index (χ4n) is 9.57. The van der Waals surface area contributed by atoms with E-state index in [4.69, 9.17) is 14.2 Å². The summed E-state index contributed by atoms with van der Waals surface area (Å²) in [6.07, 6.45) is 5.46. The van der Waals surface area contributed by atoms with E-state index >= 15 is 0 Å². The molecule has 0 amide bonds.